The number of β-amino-alcohol motifs (C(OH)–C–C–N with tert-alkyl or cyclic N) is 1. The van der Waals surface area contributed by atoms with Crippen molar-refractivity contribution in [2.75, 3.05) is 18.8 Å². The predicted molar refractivity (Wildman–Crippen MR) is 73.0 cm³/mol. The number of nitrogens with zero attached hydrogens (tertiary/aromatic N) is 4. The number of aliphatic hydroxyl groups excluding tert-OH is 1. The second-order valence-electron chi connectivity index (χ2n) is 5.04. The Hall–Kier alpha value is -1.08. The Bertz CT molecular complexity index is 435. The van der Waals surface area contributed by atoms with Gasteiger partial charge in [-0.2, -0.15) is 0 Å². The van der Waals surface area contributed by atoms with Crippen molar-refractivity contribution in [3.63, 3.8) is 0 Å². The molecule has 106 valence electrons. The van der Waals surface area contributed by atoms with Gasteiger partial charge in [0.2, 0.25) is 5.91 Å². The first kappa shape index (κ1) is 14.3. The summed E-state index contributed by atoms with van der Waals surface area (Å²) in [6.07, 6.45) is 2.97. The Morgan fingerprint density at radius 1 is 1.63 bits per heavy atom. The molecule has 1 aromatic heterocycles. The lowest BCUT2D eigenvalue weighted by atomic mass is 10.1. The third kappa shape index (κ3) is 3.70. The summed E-state index contributed by atoms with van der Waals surface area (Å²) in [6.45, 7) is 5.30. The second kappa shape index (κ2) is 6.38. The minimum atomic E-state index is -0.373. The molecule has 1 aromatic rings. The number of piperidine rings is 1. The predicted octanol–water partition coefficient (Wildman–Crippen LogP) is 0.934. The van der Waals surface area contributed by atoms with E-state index in [1.807, 2.05) is 4.57 Å². The summed E-state index contributed by atoms with van der Waals surface area (Å²) in [6, 6.07) is 0.282. The van der Waals surface area contributed by atoms with Crippen LogP contribution in [0.5, 0.6) is 0 Å². The van der Waals surface area contributed by atoms with Gasteiger partial charge in [-0.15, -0.1) is 10.2 Å². The molecule has 19 heavy (non-hydrogen) atoms. The summed E-state index contributed by atoms with van der Waals surface area (Å²) in [5.74, 6) is 0.403. The molecule has 1 aliphatic heterocycles. The molecule has 1 fully saturated rings. The van der Waals surface area contributed by atoms with Crippen LogP contribution >= 0.6 is 11.8 Å². The lowest BCUT2D eigenvalue weighted by Gasteiger charge is -2.30. The third-order valence-corrected chi connectivity index (χ3v) is 4.11. The molecule has 0 radical (unpaired) electrons. The van der Waals surface area contributed by atoms with Crippen LogP contribution in [0.3, 0.4) is 0 Å². The lowest BCUT2D eigenvalue weighted by molar-refractivity contribution is -0.131. The van der Waals surface area contributed by atoms with Crippen LogP contribution in [0.1, 0.15) is 32.7 Å². The van der Waals surface area contributed by atoms with Gasteiger partial charge in [-0.1, -0.05) is 11.8 Å². The Kier molecular flexibility index (Phi) is 4.81. The van der Waals surface area contributed by atoms with Crippen molar-refractivity contribution in [2.45, 2.75) is 44.0 Å². The molecule has 1 aliphatic rings. The molecule has 1 atom stereocenters. The first-order valence-corrected chi connectivity index (χ1v) is 7.54. The summed E-state index contributed by atoms with van der Waals surface area (Å²) in [5, 5.41) is 18.2. The number of likely N-dealkylation sites (tertiary alicyclic amines) is 1. The van der Waals surface area contributed by atoms with Crippen LogP contribution in [-0.2, 0) is 4.79 Å². The average molecular weight is 284 g/mol. The summed E-state index contributed by atoms with van der Waals surface area (Å²) < 4.78 is 1.95. The van der Waals surface area contributed by atoms with Crippen LogP contribution in [0.25, 0.3) is 0 Å². The van der Waals surface area contributed by atoms with Gasteiger partial charge in [-0.3, -0.25) is 4.79 Å². The fourth-order valence-electron chi connectivity index (χ4n) is 2.09. The highest BCUT2D eigenvalue weighted by atomic mass is 32.2. The van der Waals surface area contributed by atoms with Crippen LogP contribution in [0.2, 0.25) is 0 Å². The van der Waals surface area contributed by atoms with Gasteiger partial charge in [0.25, 0.3) is 0 Å². The standard InChI is InChI=1S/C12H20N4O2S/c1-9(2)16-8-13-14-12(16)19-7-11(18)15-5-3-4-10(17)6-15/h8-10,17H,3-7H2,1-2H3/t10-/m0/s1. The zero-order valence-corrected chi connectivity index (χ0v) is 12.1. The molecule has 1 saturated heterocycles. The van der Waals surface area contributed by atoms with Crippen molar-refractivity contribution in [2.24, 2.45) is 0 Å². The van der Waals surface area contributed by atoms with Gasteiger partial charge in [-0.25, -0.2) is 0 Å². The van der Waals surface area contributed by atoms with Gasteiger partial charge < -0.3 is 14.6 Å². The van der Waals surface area contributed by atoms with Gasteiger partial charge in [0, 0.05) is 19.1 Å². The number of carbonyl (C=O) groups is 1. The number of carbonyl (C=O) groups excluding carboxylic acids is 1. The fourth-order valence-corrected chi connectivity index (χ4v) is 3.04. The number of hydrogen-bond donors (Lipinski definition) is 1. The van der Waals surface area contributed by atoms with Crippen LogP contribution in [0, 0.1) is 0 Å². The summed E-state index contributed by atoms with van der Waals surface area (Å²) in [5.41, 5.74) is 0. The van der Waals surface area contributed by atoms with Crippen molar-refractivity contribution in [3.8, 4) is 0 Å². The Labute approximate surface area is 117 Å². The largest absolute Gasteiger partial charge is 0.391 e. The average Bonchev–Trinajstić information content (AvgIpc) is 2.84. The molecule has 0 bridgehead atoms. The molecule has 0 saturated carbocycles. The van der Waals surface area contributed by atoms with Crippen LogP contribution in [0.4, 0.5) is 0 Å². The molecule has 6 nitrogen and oxygen atoms in total. The first-order chi connectivity index (χ1) is 9.08. The van der Waals surface area contributed by atoms with E-state index in [2.05, 4.69) is 24.0 Å². The Morgan fingerprint density at radius 3 is 3.11 bits per heavy atom. The molecule has 2 heterocycles. The lowest BCUT2D eigenvalue weighted by Crippen LogP contribution is -2.43. The summed E-state index contributed by atoms with van der Waals surface area (Å²) in [4.78, 5) is 13.8. The maximum Gasteiger partial charge on any atom is 0.233 e. The summed E-state index contributed by atoms with van der Waals surface area (Å²) in [7, 11) is 0. The van der Waals surface area contributed by atoms with Gasteiger partial charge in [0.05, 0.1) is 11.9 Å². The molecular formula is C12H20N4O2S. The van der Waals surface area contributed by atoms with E-state index in [1.54, 1.807) is 11.2 Å². The van der Waals surface area contributed by atoms with Gasteiger partial charge in [0.15, 0.2) is 5.16 Å². The SMILES string of the molecule is CC(C)n1cnnc1SCC(=O)N1CCC[C@H](O)C1. The Balaban J connectivity index is 1.87. The second-order valence-corrected chi connectivity index (χ2v) is 5.98. The van der Waals surface area contributed by atoms with E-state index in [1.165, 1.54) is 11.8 Å². The molecule has 1 amide bonds. The first-order valence-electron chi connectivity index (χ1n) is 6.56. The molecule has 0 aliphatic carbocycles. The van der Waals surface area contributed by atoms with Crippen LogP contribution in [-0.4, -0.2) is 55.6 Å². The minimum absolute atomic E-state index is 0.0575. The van der Waals surface area contributed by atoms with Gasteiger partial charge >= 0.3 is 0 Å². The van der Waals surface area contributed by atoms with Crippen LogP contribution in [0.15, 0.2) is 11.5 Å². The van der Waals surface area contributed by atoms with Crippen molar-refractivity contribution in [1.29, 1.82) is 0 Å². The van der Waals surface area contributed by atoms with E-state index in [9.17, 15) is 9.90 Å². The highest BCUT2D eigenvalue weighted by molar-refractivity contribution is 7.99. The molecule has 0 spiro atoms. The highest BCUT2D eigenvalue weighted by Gasteiger charge is 2.22. The van der Waals surface area contributed by atoms with E-state index in [4.69, 9.17) is 0 Å². The zero-order chi connectivity index (χ0) is 13.8. The normalized spacial score (nSPS) is 20.0. The number of thioether (sulfide) groups is 1. The maximum absolute atomic E-state index is 12.1. The Morgan fingerprint density at radius 2 is 2.42 bits per heavy atom. The van der Waals surface area contributed by atoms with Crippen molar-refractivity contribution in [3.05, 3.63) is 6.33 Å². The maximum atomic E-state index is 12.1. The molecule has 1 N–H and O–H groups in total. The monoisotopic (exact) mass is 284 g/mol. The van der Waals surface area contributed by atoms with Gasteiger partial charge in [-0.05, 0) is 26.7 Å². The number of amides is 1. The number of rotatable bonds is 4. The fraction of sp³-hybridized carbons (Fsp3) is 0.750. The molecule has 0 aromatic carbocycles. The minimum Gasteiger partial charge on any atom is -0.391 e. The number of aromatic nitrogens is 3. The van der Waals surface area contributed by atoms with E-state index < -0.39 is 0 Å². The van der Waals surface area contributed by atoms with Crippen molar-refractivity contribution in [1.82, 2.24) is 19.7 Å². The van der Waals surface area contributed by atoms with Gasteiger partial charge in [0.1, 0.15) is 6.33 Å². The number of hydrogen-bond acceptors (Lipinski definition) is 5. The quantitative estimate of drug-likeness (QED) is 0.833. The zero-order valence-electron chi connectivity index (χ0n) is 11.3. The smallest absolute Gasteiger partial charge is 0.233 e. The molecular weight excluding hydrogens is 264 g/mol. The van der Waals surface area contributed by atoms with Crippen LogP contribution < -0.4 is 0 Å². The highest BCUT2D eigenvalue weighted by Crippen LogP contribution is 2.20. The van der Waals surface area contributed by atoms with Crippen molar-refractivity contribution < 1.29 is 9.90 Å². The van der Waals surface area contributed by atoms with E-state index in [0.29, 0.717) is 12.3 Å². The number of aliphatic hydroxyl groups is 1. The molecule has 7 heteroatoms. The van der Waals surface area contributed by atoms with E-state index >= 15 is 0 Å². The van der Waals surface area contributed by atoms with E-state index in [-0.39, 0.29) is 18.1 Å². The third-order valence-electron chi connectivity index (χ3n) is 3.17. The van der Waals surface area contributed by atoms with E-state index in [0.717, 1.165) is 24.5 Å². The summed E-state index contributed by atoms with van der Waals surface area (Å²) >= 11 is 1.40. The van der Waals surface area contributed by atoms with Crippen molar-refractivity contribution >= 4 is 17.7 Å². The molecule has 2 rings (SSSR count). The topological polar surface area (TPSA) is 71.2 Å². The molecule has 0 unspecified atom stereocenters.